The molecule has 3 unspecified atom stereocenters. The topological polar surface area (TPSA) is 131 Å². The molecule has 0 aliphatic heterocycles. The van der Waals surface area contributed by atoms with Crippen molar-refractivity contribution in [1.82, 2.24) is 5.32 Å². The molecule has 0 radical (unpaired) electrons. The van der Waals surface area contributed by atoms with Crippen molar-refractivity contribution in [3.05, 3.63) is 72.9 Å². The number of phosphoric ester groups is 1. The van der Waals surface area contributed by atoms with Crippen molar-refractivity contribution in [2.45, 2.75) is 167 Å². The fourth-order valence-electron chi connectivity index (χ4n) is 5.23. The van der Waals surface area contributed by atoms with Gasteiger partial charge in [-0.15, -0.1) is 0 Å². The van der Waals surface area contributed by atoms with Crippen LogP contribution in [0.4, 0.5) is 0 Å². The number of allylic oxidation sites excluding steroid dienone is 11. The van der Waals surface area contributed by atoms with Crippen molar-refractivity contribution in [3.8, 4) is 0 Å². The number of aliphatic hydroxyl groups excluding tert-OH is 1. The summed E-state index contributed by atoms with van der Waals surface area (Å²) in [4.78, 5) is 22.6. The number of hydrogen-bond acceptors (Lipinski definition) is 6. The fourth-order valence-corrected chi connectivity index (χ4v) is 5.99. The summed E-state index contributed by atoms with van der Waals surface area (Å²) in [6, 6.07) is -0.895. The first-order valence-corrected chi connectivity index (χ1v) is 21.6. The Kier molecular flexibility index (Phi) is 36.2. The molecular formula is C42H75N2O6P. The van der Waals surface area contributed by atoms with Gasteiger partial charge in [-0.1, -0.05) is 145 Å². The SMILES string of the molecule is CC/C=C\C/C=C\C/C=C\CCCCCCCC(=O)NC(COP(=O)(O)OCCN)C(O)/C=C/CC/C=C/CC/C=C/CCCCCCCCC. The number of amides is 1. The lowest BCUT2D eigenvalue weighted by molar-refractivity contribution is -0.123. The van der Waals surface area contributed by atoms with Crippen molar-refractivity contribution in [2.24, 2.45) is 5.73 Å². The second-order valence-corrected chi connectivity index (χ2v) is 14.5. The van der Waals surface area contributed by atoms with Gasteiger partial charge in [0.1, 0.15) is 0 Å². The van der Waals surface area contributed by atoms with Crippen LogP contribution in [0.1, 0.15) is 155 Å². The fraction of sp³-hybridized carbons (Fsp3) is 0.690. The van der Waals surface area contributed by atoms with E-state index in [4.69, 9.17) is 14.8 Å². The molecule has 0 saturated carbocycles. The van der Waals surface area contributed by atoms with E-state index in [1.54, 1.807) is 6.08 Å². The Balaban J connectivity index is 4.41. The summed E-state index contributed by atoms with van der Waals surface area (Å²) < 4.78 is 22.0. The summed E-state index contributed by atoms with van der Waals surface area (Å²) in [6.07, 6.45) is 48.1. The van der Waals surface area contributed by atoms with Gasteiger partial charge in [-0.05, 0) is 77.0 Å². The average Bonchev–Trinajstić information content (AvgIpc) is 3.12. The maximum Gasteiger partial charge on any atom is 0.472 e. The number of unbranched alkanes of at least 4 members (excludes halogenated alkanes) is 14. The molecule has 0 saturated heterocycles. The Morgan fingerprint density at radius 3 is 1.75 bits per heavy atom. The number of phosphoric acid groups is 1. The third kappa shape index (κ3) is 36.1. The second kappa shape index (κ2) is 37.7. The molecule has 0 rings (SSSR count). The lowest BCUT2D eigenvalue weighted by Gasteiger charge is -2.23. The van der Waals surface area contributed by atoms with E-state index in [1.165, 1.54) is 51.4 Å². The summed E-state index contributed by atoms with van der Waals surface area (Å²) >= 11 is 0. The molecule has 0 fully saturated rings. The molecule has 0 spiro atoms. The highest BCUT2D eigenvalue weighted by Gasteiger charge is 2.26. The summed E-state index contributed by atoms with van der Waals surface area (Å²) in [7, 11) is -4.36. The number of hydrogen-bond donors (Lipinski definition) is 4. The maximum atomic E-state index is 12.7. The van der Waals surface area contributed by atoms with E-state index in [1.807, 2.05) is 6.08 Å². The minimum Gasteiger partial charge on any atom is -0.387 e. The zero-order chi connectivity index (χ0) is 37.5. The number of carbonyl (C=O) groups is 1. The molecule has 294 valence electrons. The van der Waals surface area contributed by atoms with Gasteiger partial charge in [-0.3, -0.25) is 13.8 Å². The molecule has 0 aromatic heterocycles. The Hall–Kier alpha value is -2.06. The van der Waals surface area contributed by atoms with Crippen LogP contribution in [0.2, 0.25) is 0 Å². The van der Waals surface area contributed by atoms with Crippen LogP contribution in [-0.4, -0.2) is 47.8 Å². The summed E-state index contributed by atoms with van der Waals surface area (Å²) in [5.74, 6) is -0.229. The van der Waals surface area contributed by atoms with Gasteiger partial charge in [-0.2, -0.15) is 0 Å². The summed E-state index contributed by atoms with van der Waals surface area (Å²) in [5.41, 5.74) is 5.36. The Bertz CT molecular complexity index is 1020. The van der Waals surface area contributed by atoms with Gasteiger partial charge in [0.2, 0.25) is 5.91 Å². The van der Waals surface area contributed by atoms with E-state index in [-0.39, 0.29) is 25.7 Å². The molecule has 0 aliphatic rings. The lowest BCUT2D eigenvalue weighted by Crippen LogP contribution is -2.45. The van der Waals surface area contributed by atoms with Crippen LogP contribution in [0.3, 0.4) is 0 Å². The van der Waals surface area contributed by atoms with Crippen LogP contribution in [0.5, 0.6) is 0 Å². The number of nitrogens with one attached hydrogen (secondary N) is 1. The van der Waals surface area contributed by atoms with Gasteiger partial charge in [0.25, 0.3) is 0 Å². The number of aliphatic hydroxyl groups is 1. The van der Waals surface area contributed by atoms with Gasteiger partial charge < -0.3 is 21.1 Å². The molecule has 0 heterocycles. The lowest BCUT2D eigenvalue weighted by atomic mass is 10.1. The minimum absolute atomic E-state index is 0.0651. The highest BCUT2D eigenvalue weighted by Crippen LogP contribution is 2.43. The molecular weight excluding hydrogens is 659 g/mol. The molecule has 8 nitrogen and oxygen atoms in total. The van der Waals surface area contributed by atoms with Crippen molar-refractivity contribution in [1.29, 1.82) is 0 Å². The second-order valence-electron chi connectivity index (χ2n) is 13.1. The summed E-state index contributed by atoms with van der Waals surface area (Å²) in [5, 5.41) is 13.6. The van der Waals surface area contributed by atoms with Crippen LogP contribution in [-0.2, 0) is 18.4 Å². The van der Waals surface area contributed by atoms with Gasteiger partial charge in [0.05, 0.1) is 25.4 Å². The molecule has 0 aromatic rings. The zero-order valence-corrected chi connectivity index (χ0v) is 33.2. The smallest absolute Gasteiger partial charge is 0.387 e. The normalized spacial score (nSPS) is 15.0. The first-order valence-electron chi connectivity index (χ1n) is 20.1. The molecule has 0 bridgehead atoms. The molecule has 0 aromatic carbocycles. The molecule has 9 heteroatoms. The van der Waals surface area contributed by atoms with Crippen molar-refractivity contribution in [3.63, 3.8) is 0 Å². The molecule has 3 atom stereocenters. The monoisotopic (exact) mass is 735 g/mol. The van der Waals surface area contributed by atoms with E-state index in [0.29, 0.717) is 6.42 Å². The molecule has 0 aliphatic carbocycles. The van der Waals surface area contributed by atoms with Crippen LogP contribution in [0.25, 0.3) is 0 Å². The van der Waals surface area contributed by atoms with Gasteiger partial charge in [0.15, 0.2) is 0 Å². The van der Waals surface area contributed by atoms with E-state index in [9.17, 15) is 19.4 Å². The van der Waals surface area contributed by atoms with E-state index in [2.05, 4.69) is 79.9 Å². The van der Waals surface area contributed by atoms with E-state index in [0.717, 1.165) is 83.5 Å². The van der Waals surface area contributed by atoms with Crippen molar-refractivity contribution in [2.75, 3.05) is 19.8 Å². The first kappa shape index (κ1) is 48.9. The average molecular weight is 735 g/mol. The molecule has 5 N–H and O–H groups in total. The zero-order valence-electron chi connectivity index (χ0n) is 32.3. The Labute approximate surface area is 312 Å². The molecule has 1 amide bonds. The van der Waals surface area contributed by atoms with Gasteiger partial charge in [-0.25, -0.2) is 4.57 Å². The largest absolute Gasteiger partial charge is 0.472 e. The summed E-state index contributed by atoms with van der Waals surface area (Å²) in [6.45, 7) is 3.95. The standard InChI is InChI=1S/C42H75N2O6P/c1-3-5-7-9-11-13-15-17-19-20-22-23-25-27-29-31-33-35-41(45)40(39-50-51(47,48)49-38-37-43)44-42(46)36-34-32-30-28-26-24-21-18-16-14-12-10-8-6-4-2/h6,8,12,14,18-21,25,27,33,35,40-41,45H,3-5,7,9-11,13,15-17,22-24,26,28-32,34,36-39,43H2,1-2H3,(H,44,46)(H,47,48)/b8-6-,14-12-,20-19+,21-18-,27-25+,35-33+. The number of carbonyl (C=O) groups excluding carboxylic acids is 1. The minimum atomic E-state index is -4.36. The predicted molar refractivity (Wildman–Crippen MR) is 216 cm³/mol. The highest BCUT2D eigenvalue weighted by atomic mass is 31.2. The number of rotatable bonds is 36. The van der Waals surface area contributed by atoms with Crippen LogP contribution < -0.4 is 11.1 Å². The van der Waals surface area contributed by atoms with Crippen molar-refractivity contribution >= 4 is 13.7 Å². The van der Waals surface area contributed by atoms with E-state index >= 15 is 0 Å². The third-order valence-corrected chi connectivity index (χ3v) is 9.23. The predicted octanol–water partition coefficient (Wildman–Crippen LogP) is 10.9. The first-order chi connectivity index (χ1) is 24.9. The quantitative estimate of drug-likeness (QED) is 0.0286. The third-order valence-electron chi connectivity index (χ3n) is 8.24. The number of nitrogens with two attached hydrogens (primary N) is 1. The maximum absolute atomic E-state index is 12.7. The van der Waals surface area contributed by atoms with Gasteiger partial charge >= 0.3 is 7.82 Å². The van der Waals surface area contributed by atoms with Crippen molar-refractivity contribution < 1.29 is 28.4 Å². The Morgan fingerprint density at radius 1 is 0.667 bits per heavy atom. The molecule has 51 heavy (non-hydrogen) atoms. The van der Waals surface area contributed by atoms with E-state index < -0.39 is 20.0 Å². The highest BCUT2D eigenvalue weighted by molar-refractivity contribution is 7.47. The van der Waals surface area contributed by atoms with Crippen LogP contribution >= 0.6 is 7.82 Å². The van der Waals surface area contributed by atoms with Crippen LogP contribution in [0, 0.1) is 0 Å². The Morgan fingerprint density at radius 2 is 1.16 bits per heavy atom. The van der Waals surface area contributed by atoms with Crippen LogP contribution in [0.15, 0.2) is 72.9 Å². The van der Waals surface area contributed by atoms with Gasteiger partial charge in [0, 0.05) is 13.0 Å².